The molecule has 0 spiro atoms. The number of aryl methyl sites for hydroxylation is 1. The number of hydrogen-bond acceptors (Lipinski definition) is 4. The van der Waals surface area contributed by atoms with E-state index in [0.717, 1.165) is 0 Å². The van der Waals surface area contributed by atoms with Crippen LogP contribution in [0.1, 0.15) is 50.9 Å². The summed E-state index contributed by atoms with van der Waals surface area (Å²) in [4.78, 5) is 32.4. The first-order chi connectivity index (χ1) is 13.7. The fourth-order valence-electron chi connectivity index (χ4n) is 3.60. The maximum Gasteiger partial charge on any atom is 0.309 e. The number of rotatable bonds is 2. The number of piperidine rings is 1. The van der Waals surface area contributed by atoms with E-state index in [0.29, 0.717) is 35.5 Å². The van der Waals surface area contributed by atoms with E-state index in [1.165, 1.54) is 23.1 Å². The number of fused-ring (bicyclic) bond motifs is 1. The van der Waals surface area contributed by atoms with E-state index >= 15 is 0 Å². The lowest BCUT2D eigenvalue weighted by Gasteiger charge is -2.30. The Kier molecular flexibility index (Phi) is 4.84. The lowest BCUT2D eigenvalue weighted by molar-refractivity contribution is -0.0499. The van der Waals surface area contributed by atoms with Gasteiger partial charge in [-0.3, -0.25) is 9.59 Å². The first-order valence-corrected chi connectivity index (χ1v) is 9.45. The van der Waals surface area contributed by atoms with Crippen molar-refractivity contribution >= 4 is 11.8 Å². The van der Waals surface area contributed by atoms with Crippen molar-refractivity contribution in [3.63, 3.8) is 0 Å². The molecular weight excluding hydrogens is 387 g/mol. The monoisotopic (exact) mass is 407 g/mol. The Balaban J connectivity index is 1.46. The minimum atomic E-state index is -2.74. The van der Waals surface area contributed by atoms with Gasteiger partial charge in [-0.25, -0.2) is 18.2 Å². The van der Waals surface area contributed by atoms with Gasteiger partial charge in [-0.1, -0.05) is 0 Å². The van der Waals surface area contributed by atoms with Crippen LogP contribution in [-0.4, -0.2) is 52.2 Å². The molecule has 1 fully saturated rings. The molecule has 9 heteroatoms. The molecule has 1 saturated heterocycles. The van der Waals surface area contributed by atoms with Crippen LogP contribution >= 0.6 is 0 Å². The summed E-state index contributed by atoms with van der Waals surface area (Å²) in [6.07, 6.45) is -0.364. The topological polar surface area (TPSA) is 66.7 Å². The summed E-state index contributed by atoms with van der Waals surface area (Å²) in [5, 5.41) is 0. The van der Waals surface area contributed by atoms with Crippen molar-refractivity contribution in [3.8, 4) is 0 Å². The van der Waals surface area contributed by atoms with E-state index in [1.807, 2.05) is 0 Å². The molecule has 154 valence electrons. The zero-order chi connectivity index (χ0) is 20.8. The van der Waals surface area contributed by atoms with Gasteiger partial charge in [-0.15, -0.1) is 0 Å². The first-order valence-electron chi connectivity index (χ1n) is 9.45. The van der Waals surface area contributed by atoms with Crippen LogP contribution in [0.5, 0.6) is 0 Å². The number of benzene rings is 1. The molecule has 0 atom stereocenters. The van der Waals surface area contributed by atoms with Crippen LogP contribution in [0.15, 0.2) is 22.6 Å². The number of halogens is 3. The Hall–Kier alpha value is -2.84. The number of aromatic nitrogens is 1. The van der Waals surface area contributed by atoms with Gasteiger partial charge in [-0.05, 0) is 30.7 Å². The molecule has 29 heavy (non-hydrogen) atoms. The summed E-state index contributed by atoms with van der Waals surface area (Å²) in [6, 6.07) is 4.19. The number of likely N-dealkylation sites (tertiary alicyclic amines) is 1. The molecule has 0 radical (unpaired) electrons. The molecule has 6 nitrogen and oxygen atoms in total. The Labute approximate surface area is 165 Å². The van der Waals surface area contributed by atoms with Gasteiger partial charge >= 0.3 is 5.91 Å². The Morgan fingerprint density at radius 1 is 1.10 bits per heavy atom. The molecule has 0 saturated carbocycles. The number of carbonyl (C=O) groups excluding carboxylic acids is 2. The van der Waals surface area contributed by atoms with E-state index < -0.39 is 11.8 Å². The molecule has 1 aromatic carbocycles. The van der Waals surface area contributed by atoms with Crippen LogP contribution in [0.3, 0.4) is 0 Å². The normalized spacial score (nSPS) is 18.5. The van der Waals surface area contributed by atoms with Crippen LogP contribution in [0, 0.1) is 12.7 Å². The average molecular weight is 407 g/mol. The molecule has 2 aliphatic heterocycles. The number of nitrogens with zero attached hydrogens (tertiary/aromatic N) is 3. The van der Waals surface area contributed by atoms with E-state index in [2.05, 4.69) is 4.98 Å². The summed E-state index contributed by atoms with van der Waals surface area (Å²) >= 11 is 0. The standard InChI is InChI=1S/C20H20F3N3O3/c1-12-10-13(2-3-14(12)21)18(27)26-7-4-16-15(11-26)24-17(29-16)19(28)25-8-5-20(22,23)6-9-25/h2-3,10H,4-9,11H2,1H3. The second-order valence-corrected chi connectivity index (χ2v) is 7.48. The highest BCUT2D eigenvalue weighted by Gasteiger charge is 2.37. The molecule has 3 heterocycles. The molecule has 0 bridgehead atoms. The van der Waals surface area contributed by atoms with Crippen molar-refractivity contribution in [2.24, 2.45) is 0 Å². The number of carbonyl (C=O) groups is 2. The van der Waals surface area contributed by atoms with E-state index in [4.69, 9.17) is 4.42 Å². The number of alkyl halides is 2. The lowest BCUT2D eigenvalue weighted by atomic mass is 10.1. The van der Waals surface area contributed by atoms with Crippen molar-refractivity contribution in [3.05, 3.63) is 52.5 Å². The van der Waals surface area contributed by atoms with Crippen molar-refractivity contribution in [1.29, 1.82) is 0 Å². The molecule has 0 unspecified atom stereocenters. The smallest absolute Gasteiger partial charge is 0.309 e. The maximum absolute atomic E-state index is 13.5. The SMILES string of the molecule is Cc1cc(C(=O)N2CCc3oc(C(=O)N4CCC(F)(F)CC4)nc3C2)ccc1F. The van der Waals surface area contributed by atoms with E-state index in [9.17, 15) is 22.8 Å². The van der Waals surface area contributed by atoms with Gasteiger partial charge in [0.2, 0.25) is 0 Å². The zero-order valence-corrected chi connectivity index (χ0v) is 15.9. The molecule has 0 N–H and O–H groups in total. The van der Waals surface area contributed by atoms with Crippen LogP contribution in [0.2, 0.25) is 0 Å². The third-order valence-electron chi connectivity index (χ3n) is 5.38. The maximum atomic E-state index is 13.5. The largest absolute Gasteiger partial charge is 0.437 e. The second-order valence-electron chi connectivity index (χ2n) is 7.48. The summed E-state index contributed by atoms with van der Waals surface area (Å²) in [7, 11) is 0. The summed E-state index contributed by atoms with van der Waals surface area (Å²) in [5.74, 6) is -3.50. The van der Waals surface area contributed by atoms with Crippen LogP contribution in [-0.2, 0) is 13.0 Å². The number of hydrogen-bond donors (Lipinski definition) is 0. The molecule has 1 aromatic heterocycles. The molecule has 2 amide bonds. The first kappa shape index (κ1) is 19.5. The van der Waals surface area contributed by atoms with E-state index in [1.54, 1.807) is 11.8 Å². The van der Waals surface area contributed by atoms with Crippen molar-refractivity contribution in [1.82, 2.24) is 14.8 Å². The molecule has 2 aliphatic rings. The van der Waals surface area contributed by atoms with Gasteiger partial charge < -0.3 is 14.2 Å². The van der Waals surface area contributed by atoms with Crippen LogP contribution in [0.4, 0.5) is 13.2 Å². The number of oxazole rings is 1. The Morgan fingerprint density at radius 3 is 2.52 bits per heavy atom. The van der Waals surface area contributed by atoms with Gasteiger partial charge in [0.15, 0.2) is 0 Å². The zero-order valence-electron chi connectivity index (χ0n) is 15.9. The summed E-state index contributed by atoms with van der Waals surface area (Å²) in [5.41, 5.74) is 1.24. The fraction of sp³-hybridized carbons (Fsp3) is 0.450. The molecule has 0 aliphatic carbocycles. The minimum Gasteiger partial charge on any atom is -0.437 e. The van der Waals surface area contributed by atoms with Crippen molar-refractivity contribution in [2.45, 2.75) is 38.7 Å². The van der Waals surface area contributed by atoms with Crippen molar-refractivity contribution in [2.75, 3.05) is 19.6 Å². The van der Waals surface area contributed by atoms with Crippen LogP contribution in [0.25, 0.3) is 0 Å². The van der Waals surface area contributed by atoms with Gasteiger partial charge in [-0.2, -0.15) is 0 Å². The number of amides is 2. The second kappa shape index (κ2) is 7.20. The quantitative estimate of drug-likeness (QED) is 0.767. The Bertz CT molecular complexity index is 963. The fourth-order valence-corrected chi connectivity index (χ4v) is 3.60. The Morgan fingerprint density at radius 2 is 1.83 bits per heavy atom. The minimum absolute atomic E-state index is 0.0482. The predicted octanol–water partition coefficient (Wildman–Crippen LogP) is 3.19. The van der Waals surface area contributed by atoms with Gasteiger partial charge in [0.25, 0.3) is 17.7 Å². The van der Waals surface area contributed by atoms with Gasteiger partial charge in [0.05, 0.1) is 6.54 Å². The lowest BCUT2D eigenvalue weighted by Crippen LogP contribution is -2.42. The highest BCUT2D eigenvalue weighted by atomic mass is 19.3. The van der Waals surface area contributed by atoms with E-state index in [-0.39, 0.29) is 50.1 Å². The average Bonchev–Trinajstić information content (AvgIpc) is 3.12. The molecule has 4 rings (SSSR count). The third-order valence-corrected chi connectivity index (χ3v) is 5.38. The van der Waals surface area contributed by atoms with Crippen molar-refractivity contribution < 1.29 is 27.2 Å². The summed E-state index contributed by atoms with van der Waals surface area (Å²) in [6.45, 7) is 2.04. The summed E-state index contributed by atoms with van der Waals surface area (Å²) < 4.78 is 45.6. The third kappa shape index (κ3) is 3.86. The van der Waals surface area contributed by atoms with Crippen LogP contribution < -0.4 is 0 Å². The predicted molar refractivity (Wildman–Crippen MR) is 96.2 cm³/mol. The van der Waals surface area contributed by atoms with Gasteiger partial charge in [0, 0.05) is 44.5 Å². The highest BCUT2D eigenvalue weighted by Crippen LogP contribution is 2.29. The molecule has 2 aromatic rings. The highest BCUT2D eigenvalue weighted by molar-refractivity contribution is 5.94. The van der Waals surface area contributed by atoms with Gasteiger partial charge in [0.1, 0.15) is 17.3 Å². The molecular formula is C20H20F3N3O3.